The second-order valence-electron chi connectivity index (χ2n) is 7.81. The number of aromatic amines is 1. The average molecular weight is 445 g/mol. The summed E-state index contributed by atoms with van der Waals surface area (Å²) in [4.78, 5) is 19.3. The van der Waals surface area contributed by atoms with Gasteiger partial charge in [-0.2, -0.15) is 10.4 Å². The van der Waals surface area contributed by atoms with Crippen LogP contribution in [-0.2, 0) is 23.4 Å². The number of nitrogens with zero attached hydrogens (tertiary/aromatic N) is 4. The monoisotopic (exact) mass is 444 g/mol. The number of carbonyl (C=O) groups is 1. The smallest absolute Gasteiger partial charge is 0.226 e. The third-order valence-electron chi connectivity index (χ3n) is 4.52. The van der Waals surface area contributed by atoms with Crippen molar-refractivity contribution in [1.82, 2.24) is 25.1 Å². The van der Waals surface area contributed by atoms with Gasteiger partial charge in [-0.15, -0.1) is 0 Å². The molecule has 2 aromatic heterocycles. The Balaban J connectivity index is 1.60. The lowest BCUT2D eigenvalue weighted by Gasteiger charge is -2.14. The molecule has 0 fully saturated rings. The van der Waals surface area contributed by atoms with Gasteiger partial charge in [-0.3, -0.25) is 9.48 Å². The van der Waals surface area contributed by atoms with Gasteiger partial charge in [-0.25, -0.2) is 9.37 Å². The maximum atomic E-state index is 14.0. The van der Waals surface area contributed by atoms with Gasteiger partial charge in [-0.05, 0) is 39.0 Å². The van der Waals surface area contributed by atoms with Gasteiger partial charge in [-0.1, -0.05) is 11.6 Å². The maximum Gasteiger partial charge on any atom is 0.226 e. The number of aliphatic hydroxyl groups is 1. The van der Waals surface area contributed by atoms with Crippen LogP contribution in [0.2, 0.25) is 5.02 Å². The first-order valence-electron chi connectivity index (χ1n) is 9.56. The molecule has 0 radical (unpaired) electrons. The van der Waals surface area contributed by atoms with Crippen LogP contribution in [0.3, 0.4) is 0 Å². The zero-order chi connectivity index (χ0) is 22.8. The third kappa shape index (κ3) is 5.48. The van der Waals surface area contributed by atoms with Crippen molar-refractivity contribution in [3.8, 4) is 17.3 Å². The normalized spacial score (nSPS) is 12.4. The van der Waals surface area contributed by atoms with Crippen molar-refractivity contribution in [3.05, 3.63) is 58.5 Å². The van der Waals surface area contributed by atoms with Gasteiger partial charge in [0.2, 0.25) is 5.91 Å². The number of nitriles is 1. The molecule has 1 amide bonds. The highest BCUT2D eigenvalue weighted by atomic mass is 35.5. The summed E-state index contributed by atoms with van der Waals surface area (Å²) in [5.74, 6) is -0.509. The van der Waals surface area contributed by atoms with E-state index >= 15 is 0 Å². The molecular weight excluding hydrogens is 423 g/mol. The highest BCUT2D eigenvalue weighted by Gasteiger charge is 2.20. The van der Waals surface area contributed by atoms with E-state index in [1.807, 2.05) is 6.92 Å². The van der Waals surface area contributed by atoms with Crippen LogP contribution in [0.1, 0.15) is 37.9 Å². The molecule has 3 rings (SSSR count). The van der Waals surface area contributed by atoms with Crippen LogP contribution in [0.25, 0.3) is 11.3 Å². The molecule has 0 spiro atoms. The Morgan fingerprint density at radius 1 is 1.48 bits per heavy atom. The summed E-state index contributed by atoms with van der Waals surface area (Å²) in [6, 6.07) is 5.92. The Kier molecular flexibility index (Phi) is 6.43. The lowest BCUT2D eigenvalue weighted by Crippen LogP contribution is -2.36. The lowest BCUT2D eigenvalue weighted by atomic mass is 10.1. The first-order chi connectivity index (χ1) is 14.6. The Bertz CT molecular complexity index is 1120. The van der Waals surface area contributed by atoms with Crippen molar-refractivity contribution in [1.29, 1.82) is 5.26 Å². The molecule has 1 atom stereocenters. The molecule has 8 nitrogen and oxygen atoms in total. The summed E-state index contributed by atoms with van der Waals surface area (Å²) < 4.78 is 15.6. The molecule has 0 saturated carbocycles. The Morgan fingerprint density at radius 2 is 2.23 bits per heavy atom. The molecule has 3 N–H and O–H groups in total. The van der Waals surface area contributed by atoms with Crippen LogP contribution < -0.4 is 5.32 Å². The van der Waals surface area contributed by atoms with Gasteiger partial charge in [0.1, 0.15) is 28.9 Å². The third-order valence-corrected chi connectivity index (χ3v) is 4.82. The molecule has 2 heterocycles. The SMILES string of the molecule is C[C@@H](Cn1ccc(-c2cc(F)c(C#N)c(Cl)c2)n1)NC(=O)Cc1cnc(C(C)(C)O)[nH]1. The van der Waals surface area contributed by atoms with Crippen LogP contribution in [-0.4, -0.2) is 36.8 Å². The molecular formula is C21H22ClFN6O2. The molecule has 0 aliphatic rings. The number of aromatic nitrogens is 4. The van der Waals surface area contributed by atoms with Gasteiger partial charge in [0.05, 0.1) is 23.7 Å². The predicted octanol–water partition coefficient (Wildman–Crippen LogP) is 2.91. The van der Waals surface area contributed by atoms with E-state index in [9.17, 15) is 14.3 Å². The average Bonchev–Trinajstić information content (AvgIpc) is 3.30. The minimum absolute atomic E-state index is 0.0271. The summed E-state index contributed by atoms with van der Waals surface area (Å²) in [6.45, 7) is 5.45. The number of benzene rings is 1. The predicted molar refractivity (Wildman–Crippen MR) is 112 cm³/mol. The zero-order valence-corrected chi connectivity index (χ0v) is 18.0. The van der Waals surface area contributed by atoms with E-state index in [1.54, 1.807) is 36.9 Å². The van der Waals surface area contributed by atoms with Crippen LogP contribution >= 0.6 is 11.6 Å². The van der Waals surface area contributed by atoms with Crippen LogP contribution in [0, 0.1) is 17.1 Å². The first-order valence-corrected chi connectivity index (χ1v) is 9.93. The van der Waals surface area contributed by atoms with Crippen LogP contribution in [0.15, 0.2) is 30.6 Å². The summed E-state index contributed by atoms with van der Waals surface area (Å²) in [7, 11) is 0. The quantitative estimate of drug-likeness (QED) is 0.517. The summed E-state index contributed by atoms with van der Waals surface area (Å²) in [5.41, 5.74) is 0.247. The van der Waals surface area contributed by atoms with E-state index in [0.29, 0.717) is 29.3 Å². The van der Waals surface area contributed by atoms with Gasteiger partial charge >= 0.3 is 0 Å². The largest absolute Gasteiger partial charge is 0.383 e. The number of hydrogen-bond donors (Lipinski definition) is 3. The Labute approximate surface area is 183 Å². The fourth-order valence-electron chi connectivity index (χ4n) is 3.03. The van der Waals surface area contributed by atoms with Crippen molar-refractivity contribution in [3.63, 3.8) is 0 Å². The number of imidazole rings is 1. The summed E-state index contributed by atoms with van der Waals surface area (Å²) >= 11 is 5.96. The van der Waals surface area contributed by atoms with Crippen LogP contribution in [0.4, 0.5) is 4.39 Å². The van der Waals surface area contributed by atoms with E-state index < -0.39 is 11.4 Å². The standard InChI is InChI=1S/C21H22ClFN6O2/c1-12(26-19(30)8-14-10-25-20(27-14)21(2,3)31)11-29-5-4-18(28-29)13-6-16(22)15(9-24)17(23)7-13/h4-7,10,12,31H,8,11H2,1-3H3,(H,25,27)(H,26,30)/t12-/m0/s1. The molecule has 10 heteroatoms. The van der Waals surface area contributed by atoms with E-state index in [2.05, 4.69) is 20.4 Å². The van der Waals surface area contributed by atoms with Crippen molar-refractivity contribution in [2.45, 2.75) is 45.4 Å². The number of H-pyrrole nitrogens is 1. The Morgan fingerprint density at radius 3 is 2.84 bits per heavy atom. The molecule has 31 heavy (non-hydrogen) atoms. The number of nitrogens with one attached hydrogen (secondary N) is 2. The minimum Gasteiger partial charge on any atom is -0.383 e. The number of hydrogen-bond acceptors (Lipinski definition) is 5. The fourth-order valence-corrected chi connectivity index (χ4v) is 3.28. The molecule has 3 aromatic rings. The molecule has 162 valence electrons. The van der Waals surface area contributed by atoms with Gasteiger partial charge in [0.15, 0.2) is 0 Å². The topological polar surface area (TPSA) is 120 Å². The molecule has 0 unspecified atom stereocenters. The molecule has 0 saturated heterocycles. The van der Waals surface area contributed by atoms with E-state index in [4.69, 9.17) is 16.9 Å². The maximum absolute atomic E-state index is 14.0. The highest BCUT2D eigenvalue weighted by Crippen LogP contribution is 2.26. The van der Waals surface area contributed by atoms with Crippen molar-refractivity contribution < 1.29 is 14.3 Å². The van der Waals surface area contributed by atoms with Gasteiger partial charge < -0.3 is 15.4 Å². The Hall–Kier alpha value is -3.22. The number of carbonyl (C=O) groups excluding carboxylic acids is 1. The number of rotatable bonds is 7. The highest BCUT2D eigenvalue weighted by molar-refractivity contribution is 6.32. The molecule has 0 aliphatic heterocycles. The first kappa shape index (κ1) is 22.5. The van der Waals surface area contributed by atoms with Gasteiger partial charge in [0, 0.05) is 29.7 Å². The molecule has 0 aliphatic carbocycles. The fraction of sp³-hybridized carbons (Fsp3) is 0.333. The second kappa shape index (κ2) is 8.88. The number of halogens is 2. The summed E-state index contributed by atoms with van der Waals surface area (Å²) in [6.07, 6.45) is 3.34. The van der Waals surface area contributed by atoms with Gasteiger partial charge in [0.25, 0.3) is 0 Å². The van der Waals surface area contributed by atoms with E-state index in [1.165, 1.54) is 18.3 Å². The minimum atomic E-state index is -1.11. The molecule has 1 aromatic carbocycles. The van der Waals surface area contributed by atoms with E-state index in [0.717, 1.165) is 0 Å². The molecule has 0 bridgehead atoms. The van der Waals surface area contributed by atoms with E-state index in [-0.39, 0.29) is 29.0 Å². The lowest BCUT2D eigenvalue weighted by molar-refractivity contribution is -0.121. The summed E-state index contributed by atoms with van der Waals surface area (Å²) in [5, 5.41) is 26.2. The van der Waals surface area contributed by atoms with Crippen molar-refractivity contribution in [2.24, 2.45) is 0 Å². The van der Waals surface area contributed by atoms with Crippen molar-refractivity contribution >= 4 is 17.5 Å². The second-order valence-corrected chi connectivity index (χ2v) is 8.22. The number of amides is 1. The van der Waals surface area contributed by atoms with Crippen LogP contribution in [0.5, 0.6) is 0 Å². The zero-order valence-electron chi connectivity index (χ0n) is 17.3. The van der Waals surface area contributed by atoms with Crippen molar-refractivity contribution in [2.75, 3.05) is 0 Å².